The fourth-order valence-electron chi connectivity index (χ4n) is 4.00. The molecule has 37 heavy (non-hydrogen) atoms. The number of hydrogen-bond donors (Lipinski definition) is 1. The van der Waals surface area contributed by atoms with Crippen LogP contribution in [0.2, 0.25) is 0 Å². The molecule has 3 aromatic rings. The van der Waals surface area contributed by atoms with Crippen LogP contribution in [0.3, 0.4) is 0 Å². The molecule has 1 aliphatic heterocycles. The second-order valence-corrected chi connectivity index (χ2v) is 8.49. The molecule has 1 heterocycles. The van der Waals surface area contributed by atoms with E-state index in [1.807, 2.05) is 0 Å². The summed E-state index contributed by atoms with van der Waals surface area (Å²) in [7, 11) is 0. The van der Waals surface area contributed by atoms with Gasteiger partial charge in [-0.05, 0) is 66.6 Å². The number of halogens is 6. The summed E-state index contributed by atoms with van der Waals surface area (Å²) in [5.74, 6) is -0.623. The lowest BCUT2D eigenvalue weighted by atomic mass is 10.1. The normalized spacial score (nSPS) is 14.6. The van der Waals surface area contributed by atoms with Gasteiger partial charge < -0.3 is 10.2 Å². The van der Waals surface area contributed by atoms with E-state index >= 15 is 0 Å². The molecule has 0 unspecified atom stereocenters. The van der Waals surface area contributed by atoms with Gasteiger partial charge in [-0.1, -0.05) is 18.2 Å². The molecule has 3 amide bonds. The van der Waals surface area contributed by atoms with E-state index in [2.05, 4.69) is 5.32 Å². The second-order valence-electron chi connectivity index (χ2n) is 8.49. The Balaban J connectivity index is 1.46. The summed E-state index contributed by atoms with van der Waals surface area (Å²) in [4.78, 5) is 28.6. The molecule has 1 N–H and O–H groups in total. The number of carbonyl (C=O) groups excluding carboxylic acids is 2. The van der Waals surface area contributed by atoms with E-state index in [9.17, 15) is 35.9 Å². The van der Waals surface area contributed by atoms with Crippen LogP contribution in [-0.4, -0.2) is 29.9 Å². The van der Waals surface area contributed by atoms with Crippen molar-refractivity contribution >= 4 is 23.3 Å². The van der Waals surface area contributed by atoms with Crippen LogP contribution in [0, 0.1) is 0 Å². The lowest BCUT2D eigenvalue weighted by Gasteiger charge is -2.36. The minimum atomic E-state index is -4.51. The number of anilines is 2. The molecule has 0 atom stereocenters. The van der Waals surface area contributed by atoms with Gasteiger partial charge in [-0.3, -0.25) is 9.69 Å². The molecule has 1 saturated heterocycles. The van der Waals surface area contributed by atoms with Crippen LogP contribution in [-0.2, 0) is 18.9 Å². The Labute approximate surface area is 208 Å². The fraction of sp³-hybridized carbons (Fsp3) is 0.231. The van der Waals surface area contributed by atoms with Crippen LogP contribution >= 0.6 is 0 Å². The van der Waals surface area contributed by atoms with Gasteiger partial charge in [-0.2, -0.15) is 26.3 Å². The maximum atomic E-state index is 13.1. The maximum absolute atomic E-state index is 13.1. The Bertz CT molecular complexity index is 1290. The molecular formula is C26H21F6N3O2. The minimum Gasteiger partial charge on any atom is -0.322 e. The topological polar surface area (TPSA) is 52.7 Å². The van der Waals surface area contributed by atoms with E-state index in [-0.39, 0.29) is 12.1 Å². The van der Waals surface area contributed by atoms with Gasteiger partial charge in [0.05, 0.1) is 11.1 Å². The van der Waals surface area contributed by atoms with Crippen LogP contribution in [0.4, 0.5) is 42.5 Å². The molecular weight excluding hydrogens is 500 g/mol. The summed E-state index contributed by atoms with van der Waals surface area (Å²) in [6, 6.07) is 14.6. The van der Waals surface area contributed by atoms with Crippen LogP contribution < -0.4 is 10.2 Å². The second kappa shape index (κ2) is 10.2. The highest BCUT2D eigenvalue weighted by Crippen LogP contribution is 2.31. The zero-order valence-electron chi connectivity index (χ0n) is 19.2. The number of amides is 3. The molecule has 1 fully saturated rings. The summed E-state index contributed by atoms with van der Waals surface area (Å²) in [5.41, 5.74) is -0.497. The molecule has 0 aromatic heterocycles. The Hall–Kier alpha value is -4.02. The van der Waals surface area contributed by atoms with E-state index in [4.69, 9.17) is 0 Å². The smallest absolute Gasteiger partial charge is 0.322 e. The molecule has 0 saturated carbocycles. The SMILES string of the molecule is O=C(Nc1cccc(N2CCCN(Cc3cccc(C(F)(F)F)c3)C2=O)c1)c1ccc(C(F)(F)F)cc1. The molecule has 0 bridgehead atoms. The molecule has 3 aromatic carbocycles. The van der Waals surface area contributed by atoms with Gasteiger partial charge in [0.25, 0.3) is 5.91 Å². The lowest BCUT2D eigenvalue weighted by molar-refractivity contribution is -0.138. The highest BCUT2D eigenvalue weighted by atomic mass is 19.4. The van der Waals surface area contributed by atoms with Crippen molar-refractivity contribution in [1.82, 2.24) is 4.90 Å². The zero-order valence-corrected chi connectivity index (χ0v) is 19.2. The largest absolute Gasteiger partial charge is 0.416 e. The van der Waals surface area contributed by atoms with Crippen LogP contribution in [0.5, 0.6) is 0 Å². The summed E-state index contributed by atoms with van der Waals surface area (Å²) < 4.78 is 77.4. The number of nitrogens with zero attached hydrogens (tertiary/aromatic N) is 2. The van der Waals surface area contributed by atoms with Crippen LogP contribution in [0.25, 0.3) is 0 Å². The molecule has 1 aliphatic rings. The monoisotopic (exact) mass is 521 g/mol. The average Bonchev–Trinajstić information content (AvgIpc) is 2.85. The molecule has 0 aliphatic carbocycles. The van der Waals surface area contributed by atoms with Crippen molar-refractivity contribution in [2.75, 3.05) is 23.3 Å². The predicted molar refractivity (Wildman–Crippen MR) is 125 cm³/mol. The first-order valence-electron chi connectivity index (χ1n) is 11.2. The first kappa shape index (κ1) is 26.1. The zero-order chi connectivity index (χ0) is 26.8. The Morgan fingerprint density at radius 1 is 0.811 bits per heavy atom. The number of rotatable bonds is 5. The van der Waals surface area contributed by atoms with E-state index in [1.165, 1.54) is 21.9 Å². The van der Waals surface area contributed by atoms with Crippen LogP contribution in [0.1, 0.15) is 33.5 Å². The van der Waals surface area contributed by atoms with Gasteiger partial charge in [0.15, 0.2) is 0 Å². The number of urea groups is 1. The van der Waals surface area contributed by atoms with Crippen molar-refractivity contribution in [3.05, 3.63) is 95.1 Å². The van der Waals surface area contributed by atoms with Gasteiger partial charge in [0, 0.05) is 36.6 Å². The Morgan fingerprint density at radius 2 is 1.49 bits per heavy atom. The molecule has 0 radical (unpaired) electrons. The third-order valence-electron chi connectivity index (χ3n) is 5.83. The summed E-state index contributed by atoms with van der Waals surface area (Å²) in [6.45, 7) is 0.744. The van der Waals surface area contributed by atoms with E-state index in [0.29, 0.717) is 36.4 Å². The minimum absolute atomic E-state index is 0.00357. The molecule has 194 valence electrons. The predicted octanol–water partition coefficient (Wildman–Crippen LogP) is 6.81. The van der Waals surface area contributed by atoms with Crippen molar-refractivity contribution in [1.29, 1.82) is 0 Å². The van der Waals surface area contributed by atoms with Gasteiger partial charge in [-0.25, -0.2) is 4.79 Å². The van der Waals surface area contributed by atoms with E-state index in [1.54, 1.807) is 24.3 Å². The maximum Gasteiger partial charge on any atom is 0.416 e. The van der Waals surface area contributed by atoms with Gasteiger partial charge in [0.2, 0.25) is 0 Å². The number of alkyl halides is 6. The van der Waals surface area contributed by atoms with Crippen molar-refractivity contribution in [3.8, 4) is 0 Å². The average molecular weight is 521 g/mol. The highest BCUT2D eigenvalue weighted by Gasteiger charge is 2.32. The van der Waals surface area contributed by atoms with Crippen molar-refractivity contribution in [2.45, 2.75) is 25.3 Å². The third-order valence-corrected chi connectivity index (χ3v) is 5.83. The molecule has 4 rings (SSSR count). The van der Waals surface area contributed by atoms with Crippen molar-refractivity contribution < 1.29 is 35.9 Å². The summed E-state index contributed by atoms with van der Waals surface area (Å²) in [5, 5.41) is 2.60. The van der Waals surface area contributed by atoms with Gasteiger partial charge >= 0.3 is 18.4 Å². The number of hydrogen-bond acceptors (Lipinski definition) is 2. The van der Waals surface area contributed by atoms with Crippen molar-refractivity contribution in [3.63, 3.8) is 0 Å². The number of carbonyl (C=O) groups is 2. The molecule has 5 nitrogen and oxygen atoms in total. The molecule has 0 spiro atoms. The summed E-state index contributed by atoms with van der Waals surface area (Å²) in [6.07, 6.45) is -8.43. The standard InChI is InChI=1S/C26H21F6N3O2/c27-25(28,29)19-10-8-18(9-11-19)23(36)33-21-6-2-7-22(15-21)35-13-3-12-34(24(35)37)16-17-4-1-5-20(14-17)26(30,31)32/h1-2,4-11,14-15H,3,12-13,16H2,(H,33,36). The first-order chi connectivity index (χ1) is 17.4. The van der Waals surface area contributed by atoms with Gasteiger partial charge in [0.1, 0.15) is 0 Å². The number of benzene rings is 3. The van der Waals surface area contributed by atoms with E-state index < -0.39 is 35.4 Å². The fourth-order valence-corrected chi connectivity index (χ4v) is 4.00. The van der Waals surface area contributed by atoms with Gasteiger partial charge in [-0.15, -0.1) is 0 Å². The van der Waals surface area contributed by atoms with E-state index in [0.717, 1.165) is 36.4 Å². The Morgan fingerprint density at radius 3 is 2.16 bits per heavy atom. The molecule has 11 heteroatoms. The lowest BCUT2D eigenvalue weighted by Crippen LogP contribution is -2.49. The third kappa shape index (κ3) is 6.22. The summed E-state index contributed by atoms with van der Waals surface area (Å²) >= 11 is 0. The van der Waals surface area contributed by atoms with Crippen molar-refractivity contribution in [2.24, 2.45) is 0 Å². The first-order valence-corrected chi connectivity index (χ1v) is 11.2. The Kier molecular flexibility index (Phi) is 7.15. The number of nitrogens with one attached hydrogen (secondary N) is 1. The highest BCUT2D eigenvalue weighted by molar-refractivity contribution is 6.04. The van der Waals surface area contributed by atoms with Crippen LogP contribution in [0.15, 0.2) is 72.8 Å². The quantitative estimate of drug-likeness (QED) is 0.375.